The number of amides is 2. The van der Waals surface area contributed by atoms with E-state index < -0.39 is 9.84 Å². The molecular weight excluding hydrogens is 280 g/mol. The van der Waals surface area contributed by atoms with Gasteiger partial charge in [-0.3, -0.25) is 0 Å². The van der Waals surface area contributed by atoms with Gasteiger partial charge in [-0.05, 0) is 24.1 Å². The molecule has 1 fully saturated rings. The standard InChI is InChI=1S/C13H18N2O4S/c1-19-8-10-3-2-4-11(7-10)14-13(16)15-12-5-6-20(17,18)9-12/h2-4,7,12H,5-6,8-9H2,1H3,(H2,14,15,16). The smallest absolute Gasteiger partial charge is 0.319 e. The lowest BCUT2D eigenvalue weighted by molar-refractivity contribution is 0.185. The zero-order chi connectivity index (χ0) is 14.6. The van der Waals surface area contributed by atoms with E-state index >= 15 is 0 Å². The van der Waals surface area contributed by atoms with Crippen molar-refractivity contribution < 1.29 is 17.9 Å². The second kappa shape index (κ2) is 6.23. The predicted octanol–water partition coefficient (Wildman–Crippen LogP) is 1.14. The molecule has 20 heavy (non-hydrogen) atoms. The van der Waals surface area contributed by atoms with Gasteiger partial charge in [0.25, 0.3) is 0 Å². The van der Waals surface area contributed by atoms with Gasteiger partial charge >= 0.3 is 6.03 Å². The molecule has 1 aliphatic heterocycles. The van der Waals surface area contributed by atoms with Crippen LogP contribution in [0.25, 0.3) is 0 Å². The van der Waals surface area contributed by atoms with E-state index in [2.05, 4.69) is 10.6 Å². The zero-order valence-corrected chi connectivity index (χ0v) is 12.1. The molecule has 7 heteroatoms. The van der Waals surface area contributed by atoms with Crippen LogP contribution in [0.15, 0.2) is 24.3 Å². The molecule has 1 saturated heterocycles. The van der Waals surface area contributed by atoms with Gasteiger partial charge in [-0.1, -0.05) is 12.1 Å². The first-order chi connectivity index (χ1) is 9.48. The first-order valence-corrected chi connectivity index (χ1v) is 8.16. The summed E-state index contributed by atoms with van der Waals surface area (Å²) in [5, 5.41) is 5.37. The number of ether oxygens (including phenoxy) is 1. The van der Waals surface area contributed by atoms with Crippen LogP contribution in [0.2, 0.25) is 0 Å². The van der Waals surface area contributed by atoms with Crippen LogP contribution >= 0.6 is 0 Å². The van der Waals surface area contributed by atoms with Crippen molar-refractivity contribution >= 4 is 21.6 Å². The average molecular weight is 298 g/mol. The van der Waals surface area contributed by atoms with Gasteiger partial charge < -0.3 is 15.4 Å². The summed E-state index contributed by atoms with van der Waals surface area (Å²) < 4.78 is 27.6. The number of nitrogens with one attached hydrogen (secondary N) is 2. The first-order valence-electron chi connectivity index (χ1n) is 6.34. The fraction of sp³-hybridized carbons (Fsp3) is 0.462. The van der Waals surface area contributed by atoms with Crippen LogP contribution in [0.3, 0.4) is 0 Å². The molecule has 0 spiro atoms. The SMILES string of the molecule is COCc1cccc(NC(=O)NC2CCS(=O)(=O)C2)c1. The maximum absolute atomic E-state index is 11.8. The number of sulfone groups is 1. The Hall–Kier alpha value is -1.60. The number of anilines is 1. The lowest BCUT2D eigenvalue weighted by Gasteiger charge is -2.12. The highest BCUT2D eigenvalue weighted by atomic mass is 32.2. The molecule has 2 N–H and O–H groups in total. The fourth-order valence-corrected chi connectivity index (χ4v) is 3.84. The molecule has 110 valence electrons. The Morgan fingerprint density at radius 1 is 1.45 bits per heavy atom. The van der Waals surface area contributed by atoms with Gasteiger partial charge in [0.2, 0.25) is 0 Å². The van der Waals surface area contributed by atoms with Crippen molar-refractivity contribution in [2.24, 2.45) is 0 Å². The molecule has 0 aromatic heterocycles. The third-order valence-electron chi connectivity index (χ3n) is 3.06. The van der Waals surface area contributed by atoms with Crippen molar-refractivity contribution in [2.75, 3.05) is 23.9 Å². The fourth-order valence-electron chi connectivity index (χ4n) is 2.17. The predicted molar refractivity (Wildman–Crippen MR) is 76.4 cm³/mol. The summed E-state index contributed by atoms with van der Waals surface area (Å²) in [5.41, 5.74) is 1.60. The second-order valence-corrected chi connectivity index (χ2v) is 7.06. The maximum Gasteiger partial charge on any atom is 0.319 e. The van der Waals surface area contributed by atoms with Gasteiger partial charge in [-0.25, -0.2) is 13.2 Å². The summed E-state index contributed by atoms with van der Waals surface area (Å²) in [6.45, 7) is 0.470. The molecule has 1 aromatic carbocycles. The summed E-state index contributed by atoms with van der Waals surface area (Å²) in [7, 11) is -1.38. The first kappa shape index (κ1) is 14.8. The highest BCUT2D eigenvalue weighted by Crippen LogP contribution is 2.13. The van der Waals surface area contributed by atoms with Crippen LogP contribution in [0.5, 0.6) is 0 Å². The maximum atomic E-state index is 11.8. The third kappa shape index (κ3) is 4.21. The molecule has 1 unspecified atom stereocenters. The van der Waals surface area contributed by atoms with Crippen molar-refractivity contribution in [3.8, 4) is 0 Å². The Morgan fingerprint density at radius 3 is 2.90 bits per heavy atom. The van der Waals surface area contributed by atoms with E-state index in [0.29, 0.717) is 18.7 Å². The van der Waals surface area contributed by atoms with Gasteiger partial charge in [0.15, 0.2) is 9.84 Å². The summed E-state index contributed by atoms with van der Waals surface area (Å²) in [4.78, 5) is 11.8. The van der Waals surface area contributed by atoms with Crippen LogP contribution in [0.1, 0.15) is 12.0 Å². The molecule has 2 rings (SSSR count). The summed E-state index contributed by atoms with van der Waals surface area (Å²) >= 11 is 0. The van der Waals surface area contributed by atoms with E-state index in [-0.39, 0.29) is 23.6 Å². The van der Waals surface area contributed by atoms with E-state index in [1.54, 1.807) is 13.2 Å². The molecule has 0 bridgehead atoms. The lowest BCUT2D eigenvalue weighted by atomic mass is 10.2. The zero-order valence-electron chi connectivity index (χ0n) is 11.3. The van der Waals surface area contributed by atoms with Gasteiger partial charge in [0, 0.05) is 18.8 Å². The van der Waals surface area contributed by atoms with E-state index in [0.717, 1.165) is 5.56 Å². The average Bonchev–Trinajstić information content (AvgIpc) is 2.69. The van der Waals surface area contributed by atoms with E-state index in [9.17, 15) is 13.2 Å². The van der Waals surface area contributed by atoms with Crippen molar-refractivity contribution in [1.82, 2.24) is 5.32 Å². The largest absolute Gasteiger partial charge is 0.380 e. The van der Waals surface area contributed by atoms with Crippen molar-refractivity contribution in [3.63, 3.8) is 0 Å². The minimum atomic E-state index is -2.99. The highest BCUT2D eigenvalue weighted by molar-refractivity contribution is 7.91. The molecule has 2 amide bonds. The molecule has 1 heterocycles. The van der Waals surface area contributed by atoms with E-state index in [1.807, 2.05) is 18.2 Å². The quantitative estimate of drug-likeness (QED) is 0.873. The topological polar surface area (TPSA) is 84.5 Å². The molecular formula is C13H18N2O4S. The molecule has 0 radical (unpaired) electrons. The van der Waals surface area contributed by atoms with Gasteiger partial charge in [-0.2, -0.15) is 0 Å². The van der Waals surface area contributed by atoms with E-state index in [1.165, 1.54) is 0 Å². The molecule has 0 aliphatic carbocycles. The summed E-state index contributed by atoms with van der Waals surface area (Å²) in [6, 6.07) is 6.61. The van der Waals surface area contributed by atoms with Gasteiger partial charge in [-0.15, -0.1) is 0 Å². The Morgan fingerprint density at radius 2 is 2.25 bits per heavy atom. The molecule has 0 saturated carbocycles. The third-order valence-corrected chi connectivity index (χ3v) is 4.83. The minimum absolute atomic E-state index is 0.0180. The van der Waals surface area contributed by atoms with Crippen LogP contribution in [-0.4, -0.2) is 39.1 Å². The molecule has 1 aliphatic rings. The normalized spacial score (nSPS) is 20.6. The van der Waals surface area contributed by atoms with Crippen molar-refractivity contribution in [1.29, 1.82) is 0 Å². The van der Waals surface area contributed by atoms with Gasteiger partial charge in [0.05, 0.1) is 18.1 Å². The number of hydrogen-bond donors (Lipinski definition) is 2. The van der Waals surface area contributed by atoms with Crippen LogP contribution in [0.4, 0.5) is 10.5 Å². The second-order valence-electron chi connectivity index (χ2n) is 4.83. The Labute approximate surface area is 118 Å². The lowest BCUT2D eigenvalue weighted by Crippen LogP contribution is -2.38. The number of methoxy groups -OCH3 is 1. The Balaban J connectivity index is 1.90. The summed E-state index contributed by atoms with van der Waals surface area (Å²) in [6.07, 6.45) is 0.472. The number of hydrogen-bond acceptors (Lipinski definition) is 4. The molecule has 1 atom stereocenters. The van der Waals surface area contributed by atoms with Crippen LogP contribution in [0, 0.1) is 0 Å². The van der Waals surface area contributed by atoms with Gasteiger partial charge in [0.1, 0.15) is 0 Å². The Kier molecular flexibility index (Phi) is 4.61. The van der Waals surface area contributed by atoms with Crippen molar-refractivity contribution in [2.45, 2.75) is 19.1 Å². The molecule has 1 aromatic rings. The van der Waals surface area contributed by atoms with Crippen LogP contribution < -0.4 is 10.6 Å². The van der Waals surface area contributed by atoms with Crippen LogP contribution in [-0.2, 0) is 21.2 Å². The highest BCUT2D eigenvalue weighted by Gasteiger charge is 2.28. The Bertz CT molecular complexity index is 586. The number of rotatable bonds is 4. The number of carbonyl (C=O) groups excluding carboxylic acids is 1. The number of carbonyl (C=O) groups is 1. The number of benzene rings is 1. The number of urea groups is 1. The summed E-state index contributed by atoms with van der Waals surface area (Å²) in [5.74, 6) is 0.158. The van der Waals surface area contributed by atoms with Crippen molar-refractivity contribution in [3.05, 3.63) is 29.8 Å². The monoisotopic (exact) mass is 298 g/mol. The molecule has 6 nitrogen and oxygen atoms in total. The minimum Gasteiger partial charge on any atom is -0.380 e. The van der Waals surface area contributed by atoms with E-state index in [4.69, 9.17) is 4.74 Å².